The third-order valence-electron chi connectivity index (χ3n) is 0.655. The van der Waals surface area contributed by atoms with Crippen LogP contribution < -0.4 is 5.73 Å². The second-order valence-corrected chi connectivity index (χ2v) is 1.77. The number of halogens is 3. The molecule has 0 aliphatic carbocycles. The van der Waals surface area contributed by atoms with Gasteiger partial charge in [-0.1, -0.05) is 6.08 Å². The molecule has 0 radical (unpaired) electrons. The zero-order valence-electron chi connectivity index (χ0n) is 5.00. The summed E-state index contributed by atoms with van der Waals surface area (Å²) in [6.45, 7) is 1.42. The van der Waals surface area contributed by atoms with E-state index in [-0.39, 0.29) is 5.70 Å². The second-order valence-electron chi connectivity index (χ2n) is 1.77. The van der Waals surface area contributed by atoms with Gasteiger partial charge in [-0.3, -0.25) is 0 Å². The van der Waals surface area contributed by atoms with Gasteiger partial charge in [0, 0.05) is 5.70 Å². The van der Waals surface area contributed by atoms with Gasteiger partial charge in [-0.05, 0) is 6.92 Å². The lowest BCUT2D eigenvalue weighted by atomic mass is 10.3. The van der Waals surface area contributed by atoms with E-state index < -0.39 is 12.6 Å². The first-order valence-electron chi connectivity index (χ1n) is 2.41. The maximum Gasteiger partial charge on any atom is 0.392 e. The molecular formula is C5H8F3N. The van der Waals surface area contributed by atoms with Gasteiger partial charge in [0.15, 0.2) is 0 Å². The van der Waals surface area contributed by atoms with Gasteiger partial charge in [0.25, 0.3) is 0 Å². The van der Waals surface area contributed by atoms with E-state index in [4.69, 9.17) is 5.73 Å². The normalized spacial score (nSPS) is 14.0. The van der Waals surface area contributed by atoms with E-state index in [2.05, 4.69) is 0 Å². The summed E-state index contributed by atoms with van der Waals surface area (Å²) in [5.41, 5.74) is 5.16. The van der Waals surface area contributed by atoms with Crippen molar-refractivity contribution in [3.63, 3.8) is 0 Å². The minimum absolute atomic E-state index is 0.201. The van der Waals surface area contributed by atoms with Crippen molar-refractivity contribution in [2.24, 2.45) is 5.73 Å². The van der Waals surface area contributed by atoms with E-state index in [1.54, 1.807) is 0 Å². The first-order valence-corrected chi connectivity index (χ1v) is 2.41. The lowest BCUT2D eigenvalue weighted by Crippen LogP contribution is -2.05. The molecule has 0 rings (SSSR count). The van der Waals surface area contributed by atoms with Crippen LogP contribution in [0.1, 0.15) is 13.3 Å². The summed E-state index contributed by atoms with van der Waals surface area (Å²) < 4.78 is 33.9. The van der Waals surface area contributed by atoms with Crippen LogP contribution in [-0.2, 0) is 0 Å². The average Bonchev–Trinajstić information content (AvgIpc) is 1.59. The van der Waals surface area contributed by atoms with Crippen molar-refractivity contribution < 1.29 is 13.2 Å². The summed E-state index contributed by atoms with van der Waals surface area (Å²) in [7, 11) is 0. The number of alkyl halides is 3. The Hall–Kier alpha value is -0.670. The van der Waals surface area contributed by atoms with Gasteiger partial charge in [-0.25, -0.2) is 0 Å². The maximum absolute atomic E-state index is 11.3. The number of allylic oxidation sites excluding steroid dienone is 2. The van der Waals surface area contributed by atoms with Gasteiger partial charge in [-0.15, -0.1) is 0 Å². The molecule has 0 saturated carbocycles. The molecule has 0 fully saturated rings. The Labute approximate surface area is 51.3 Å². The molecule has 0 saturated heterocycles. The SMILES string of the molecule is C/C(N)=C/CC(F)(F)F. The molecule has 1 nitrogen and oxygen atoms in total. The van der Waals surface area contributed by atoms with Crippen LogP contribution in [0.15, 0.2) is 11.8 Å². The summed E-state index contributed by atoms with van der Waals surface area (Å²) in [5.74, 6) is 0. The summed E-state index contributed by atoms with van der Waals surface area (Å²) >= 11 is 0. The van der Waals surface area contributed by atoms with E-state index in [0.29, 0.717) is 0 Å². The highest BCUT2D eigenvalue weighted by Crippen LogP contribution is 2.19. The van der Waals surface area contributed by atoms with Crippen LogP contribution in [0.5, 0.6) is 0 Å². The largest absolute Gasteiger partial charge is 0.403 e. The van der Waals surface area contributed by atoms with Gasteiger partial charge in [0.2, 0.25) is 0 Å². The highest BCUT2D eigenvalue weighted by Gasteiger charge is 2.24. The van der Waals surface area contributed by atoms with Crippen molar-refractivity contribution in [1.29, 1.82) is 0 Å². The van der Waals surface area contributed by atoms with Crippen LogP contribution in [0.2, 0.25) is 0 Å². The average molecular weight is 139 g/mol. The fourth-order valence-corrected chi connectivity index (χ4v) is 0.277. The topological polar surface area (TPSA) is 26.0 Å². The Morgan fingerprint density at radius 3 is 2.11 bits per heavy atom. The summed E-state index contributed by atoms with van der Waals surface area (Å²) in [6, 6.07) is 0. The molecular weight excluding hydrogens is 131 g/mol. The van der Waals surface area contributed by atoms with Gasteiger partial charge >= 0.3 is 6.18 Å². The molecule has 0 aliphatic heterocycles. The number of nitrogens with two attached hydrogens (primary N) is 1. The van der Waals surface area contributed by atoms with Crippen molar-refractivity contribution in [2.75, 3.05) is 0 Å². The molecule has 54 valence electrons. The van der Waals surface area contributed by atoms with E-state index in [0.717, 1.165) is 6.08 Å². The molecule has 0 aromatic rings. The number of hydrogen-bond acceptors (Lipinski definition) is 1. The summed E-state index contributed by atoms with van der Waals surface area (Å²) in [6.07, 6.45) is -4.12. The van der Waals surface area contributed by atoms with Crippen LogP contribution in [-0.4, -0.2) is 6.18 Å². The molecule has 4 heteroatoms. The van der Waals surface area contributed by atoms with E-state index in [1.807, 2.05) is 0 Å². The molecule has 0 spiro atoms. The minimum Gasteiger partial charge on any atom is -0.403 e. The lowest BCUT2D eigenvalue weighted by molar-refractivity contribution is -0.125. The molecule has 0 amide bonds. The number of rotatable bonds is 1. The predicted molar refractivity (Wildman–Crippen MR) is 28.6 cm³/mol. The Morgan fingerprint density at radius 1 is 1.56 bits per heavy atom. The monoisotopic (exact) mass is 139 g/mol. The first kappa shape index (κ1) is 8.33. The maximum atomic E-state index is 11.3. The van der Waals surface area contributed by atoms with Crippen LogP contribution in [0.25, 0.3) is 0 Å². The van der Waals surface area contributed by atoms with E-state index >= 15 is 0 Å². The van der Waals surface area contributed by atoms with E-state index in [1.165, 1.54) is 6.92 Å². The fourth-order valence-electron chi connectivity index (χ4n) is 0.277. The second kappa shape index (κ2) is 2.75. The van der Waals surface area contributed by atoms with Crippen LogP contribution in [0.4, 0.5) is 13.2 Å². The first-order chi connectivity index (χ1) is 3.92. The molecule has 0 aromatic heterocycles. The number of hydrogen-bond donors (Lipinski definition) is 1. The van der Waals surface area contributed by atoms with Crippen molar-refractivity contribution in [1.82, 2.24) is 0 Å². The molecule has 0 heterocycles. The Balaban J connectivity index is 3.64. The third kappa shape index (κ3) is 7.33. The minimum atomic E-state index is -4.12. The van der Waals surface area contributed by atoms with Gasteiger partial charge in [-0.2, -0.15) is 13.2 Å². The highest BCUT2D eigenvalue weighted by atomic mass is 19.4. The summed E-state index contributed by atoms with van der Waals surface area (Å²) in [4.78, 5) is 0. The van der Waals surface area contributed by atoms with Crippen molar-refractivity contribution >= 4 is 0 Å². The summed E-state index contributed by atoms with van der Waals surface area (Å²) in [5, 5.41) is 0. The zero-order valence-corrected chi connectivity index (χ0v) is 5.00. The smallest absolute Gasteiger partial charge is 0.392 e. The van der Waals surface area contributed by atoms with Gasteiger partial charge in [0.1, 0.15) is 0 Å². The van der Waals surface area contributed by atoms with Gasteiger partial charge < -0.3 is 5.73 Å². The Morgan fingerprint density at radius 2 is 2.00 bits per heavy atom. The molecule has 2 N–H and O–H groups in total. The van der Waals surface area contributed by atoms with Crippen molar-refractivity contribution in [3.8, 4) is 0 Å². The molecule has 0 aliphatic rings. The standard InChI is InChI=1S/C5H8F3N/c1-4(9)2-3-5(6,7)8/h2H,3,9H2,1H3/b4-2-. The zero-order chi connectivity index (χ0) is 7.49. The van der Waals surface area contributed by atoms with Gasteiger partial charge in [0.05, 0.1) is 6.42 Å². The molecule has 0 atom stereocenters. The quantitative estimate of drug-likeness (QED) is 0.589. The van der Waals surface area contributed by atoms with Crippen LogP contribution in [0.3, 0.4) is 0 Å². The molecule has 0 unspecified atom stereocenters. The van der Waals surface area contributed by atoms with Crippen molar-refractivity contribution in [2.45, 2.75) is 19.5 Å². The van der Waals surface area contributed by atoms with E-state index in [9.17, 15) is 13.2 Å². The lowest BCUT2D eigenvalue weighted by Gasteiger charge is -2.00. The predicted octanol–water partition coefficient (Wildman–Crippen LogP) is 1.80. The third-order valence-corrected chi connectivity index (χ3v) is 0.655. The molecule has 0 bridgehead atoms. The molecule has 9 heavy (non-hydrogen) atoms. The van der Waals surface area contributed by atoms with Crippen LogP contribution >= 0.6 is 0 Å². The van der Waals surface area contributed by atoms with Crippen LogP contribution in [0, 0.1) is 0 Å². The Bertz CT molecular complexity index is 110. The Kier molecular flexibility index (Phi) is 2.55. The van der Waals surface area contributed by atoms with Crippen molar-refractivity contribution in [3.05, 3.63) is 11.8 Å². The molecule has 0 aromatic carbocycles. The highest BCUT2D eigenvalue weighted by molar-refractivity contribution is 4.92. The fraction of sp³-hybridized carbons (Fsp3) is 0.600.